The van der Waals surface area contributed by atoms with Crippen molar-refractivity contribution in [3.8, 4) is 5.75 Å². The third-order valence-electron chi connectivity index (χ3n) is 6.41. The first-order chi connectivity index (χ1) is 19.1. The lowest BCUT2D eigenvalue weighted by atomic mass is 10.0. The maximum atomic E-state index is 14.7. The van der Waals surface area contributed by atoms with Gasteiger partial charge in [0.1, 0.15) is 17.6 Å². The number of ether oxygens (including phenoxy) is 1. The molecule has 3 aromatic rings. The number of hydrogen-bond donors (Lipinski definition) is 1. The maximum Gasteiger partial charge on any atom is 0.243 e. The van der Waals surface area contributed by atoms with Crippen molar-refractivity contribution in [3.63, 3.8) is 0 Å². The summed E-state index contributed by atoms with van der Waals surface area (Å²) in [4.78, 5) is 28.3. The standard InChI is InChI=1S/C30H36FN3O5S/c1-4-32-30(36)28(20-23-12-6-5-7-13-23)33(22-24-14-8-9-17-27(24)31)29(35)18-11-19-34(40(3,37)38)25-15-10-16-26(21-25)39-2/h5-10,12-17,21,28H,4,11,18-20,22H2,1-3H3,(H,32,36)/t28-/m0/s1. The van der Waals surface area contributed by atoms with Crippen LogP contribution in [0.2, 0.25) is 0 Å². The molecule has 0 heterocycles. The highest BCUT2D eigenvalue weighted by molar-refractivity contribution is 7.92. The maximum absolute atomic E-state index is 14.7. The van der Waals surface area contributed by atoms with E-state index in [1.165, 1.54) is 22.4 Å². The summed E-state index contributed by atoms with van der Waals surface area (Å²) in [5.74, 6) is -0.695. The number of carbonyl (C=O) groups excluding carboxylic acids is 2. The molecule has 2 amide bonds. The second-order valence-corrected chi connectivity index (χ2v) is 11.3. The number of rotatable bonds is 14. The number of methoxy groups -OCH3 is 1. The molecular formula is C30H36FN3O5S. The van der Waals surface area contributed by atoms with Crippen LogP contribution in [-0.2, 0) is 32.6 Å². The molecule has 3 rings (SSSR count). The molecule has 1 atom stereocenters. The minimum absolute atomic E-state index is 0.0375. The van der Waals surface area contributed by atoms with Gasteiger partial charge in [-0.2, -0.15) is 0 Å². The summed E-state index contributed by atoms with van der Waals surface area (Å²) in [6.07, 6.45) is 1.48. The third kappa shape index (κ3) is 8.54. The molecule has 8 nitrogen and oxygen atoms in total. The number of halogens is 1. The van der Waals surface area contributed by atoms with Crippen LogP contribution in [0.5, 0.6) is 5.75 Å². The molecule has 0 spiro atoms. The Bertz CT molecular complexity index is 1380. The van der Waals surface area contributed by atoms with Crippen LogP contribution < -0.4 is 14.4 Å². The van der Waals surface area contributed by atoms with Crippen molar-refractivity contribution in [2.24, 2.45) is 0 Å². The smallest absolute Gasteiger partial charge is 0.243 e. The molecule has 0 saturated heterocycles. The van der Waals surface area contributed by atoms with Gasteiger partial charge in [0.05, 0.1) is 19.1 Å². The molecule has 0 unspecified atom stereocenters. The monoisotopic (exact) mass is 569 g/mol. The van der Waals surface area contributed by atoms with Gasteiger partial charge in [0.25, 0.3) is 0 Å². The molecule has 0 aliphatic rings. The molecule has 0 saturated carbocycles. The fourth-order valence-electron chi connectivity index (χ4n) is 4.43. The van der Waals surface area contributed by atoms with E-state index in [1.54, 1.807) is 49.4 Å². The van der Waals surface area contributed by atoms with Gasteiger partial charge in [-0.15, -0.1) is 0 Å². The molecule has 40 heavy (non-hydrogen) atoms. The van der Waals surface area contributed by atoms with Crippen LogP contribution in [0, 0.1) is 5.82 Å². The minimum Gasteiger partial charge on any atom is -0.497 e. The van der Waals surface area contributed by atoms with Crippen molar-refractivity contribution >= 4 is 27.5 Å². The van der Waals surface area contributed by atoms with Crippen molar-refractivity contribution in [2.45, 2.75) is 38.8 Å². The topological polar surface area (TPSA) is 96.0 Å². The van der Waals surface area contributed by atoms with Gasteiger partial charge < -0.3 is 15.0 Å². The number of carbonyl (C=O) groups is 2. The summed E-state index contributed by atoms with van der Waals surface area (Å²) < 4.78 is 46.3. The van der Waals surface area contributed by atoms with Gasteiger partial charge in [-0.25, -0.2) is 12.8 Å². The van der Waals surface area contributed by atoms with E-state index in [2.05, 4.69) is 5.32 Å². The summed E-state index contributed by atoms with van der Waals surface area (Å²) in [5, 5.41) is 2.80. The van der Waals surface area contributed by atoms with Crippen molar-refractivity contribution in [2.75, 3.05) is 30.8 Å². The number of amides is 2. The Morgan fingerprint density at radius 2 is 1.70 bits per heavy atom. The van der Waals surface area contributed by atoms with Crippen molar-refractivity contribution < 1.29 is 27.1 Å². The molecule has 0 aliphatic carbocycles. The molecule has 10 heteroatoms. The Kier molecular flexibility index (Phi) is 11.1. The van der Waals surface area contributed by atoms with Gasteiger partial charge in [0.15, 0.2) is 0 Å². The van der Waals surface area contributed by atoms with Crippen LogP contribution in [0.4, 0.5) is 10.1 Å². The van der Waals surface area contributed by atoms with Crippen LogP contribution in [0.3, 0.4) is 0 Å². The van der Waals surface area contributed by atoms with Gasteiger partial charge >= 0.3 is 0 Å². The number of sulfonamides is 1. The van der Waals surface area contributed by atoms with E-state index in [0.29, 0.717) is 18.0 Å². The van der Waals surface area contributed by atoms with E-state index in [4.69, 9.17) is 4.74 Å². The Labute approximate surface area is 235 Å². The summed E-state index contributed by atoms with van der Waals surface area (Å²) in [7, 11) is -2.16. The zero-order valence-electron chi connectivity index (χ0n) is 23.0. The molecule has 0 aliphatic heterocycles. The summed E-state index contributed by atoms with van der Waals surface area (Å²) in [5.41, 5.74) is 1.56. The number of nitrogens with zero attached hydrogens (tertiary/aromatic N) is 2. The average molecular weight is 570 g/mol. The Morgan fingerprint density at radius 1 is 1.00 bits per heavy atom. The molecule has 0 fully saturated rings. The van der Waals surface area contributed by atoms with Crippen molar-refractivity contribution in [3.05, 3.63) is 95.8 Å². The summed E-state index contributed by atoms with van der Waals surface area (Å²) >= 11 is 0. The largest absolute Gasteiger partial charge is 0.497 e. The highest BCUT2D eigenvalue weighted by Crippen LogP contribution is 2.24. The average Bonchev–Trinajstić information content (AvgIpc) is 2.93. The molecule has 0 bridgehead atoms. The second-order valence-electron chi connectivity index (χ2n) is 9.35. The Hall–Kier alpha value is -3.92. The summed E-state index contributed by atoms with van der Waals surface area (Å²) in [6, 6.07) is 21.2. The van der Waals surface area contributed by atoms with Crippen molar-refractivity contribution in [1.29, 1.82) is 0 Å². The fourth-order valence-corrected chi connectivity index (χ4v) is 5.38. The van der Waals surface area contributed by atoms with E-state index in [0.717, 1.165) is 11.8 Å². The Balaban J connectivity index is 1.87. The van der Waals surface area contributed by atoms with E-state index in [1.807, 2.05) is 30.3 Å². The van der Waals surface area contributed by atoms with Crippen LogP contribution in [0.25, 0.3) is 0 Å². The van der Waals surface area contributed by atoms with Crippen LogP contribution in [0.15, 0.2) is 78.9 Å². The minimum atomic E-state index is -3.65. The lowest BCUT2D eigenvalue weighted by Gasteiger charge is -2.32. The number of nitrogens with one attached hydrogen (secondary N) is 1. The van der Waals surface area contributed by atoms with Gasteiger partial charge in [0.2, 0.25) is 21.8 Å². The lowest BCUT2D eigenvalue weighted by molar-refractivity contribution is -0.141. The predicted octanol–water partition coefficient (Wildman–Crippen LogP) is 4.16. The molecule has 0 aromatic heterocycles. The zero-order chi connectivity index (χ0) is 29.1. The molecule has 214 valence electrons. The highest BCUT2D eigenvalue weighted by Gasteiger charge is 2.31. The molecule has 3 aromatic carbocycles. The van der Waals surface area contributed by atoms with Crippen LogP contribution in [0.1, 0.15) is 30.9 Å². The first kappa shape index (κ1) is 30.6. The van der Waals surface area contributed by atoms with E-state index in [9.17, 15) is 22.4 Å². The van der Waals surface area contributed by atoms with Gasteiger partial charge in [-0.3, -0.25) is 13.9 Å². The quantitative estimate of drug-likeness (QED) is 0.315. The van der Waals surface area contributed by atoms with Gasteiger partial charge in [-0.1, -0.05) is 54.6 Å². The highest BCUT2D eigenvalue weighted by atomic mass is 32.2. The van der Waals surface area contributed by atoms with E-state index >= 15 is 0 Å². The second kappa shape index (κ2) is 14.5. The first-order valence-electron chi connectivity index (χ1n) is 13.1. The van der Waals surface area contributed by atoms with Crippen LogP contribution >= 0.6 is 0 Å². The fraction of sp³-hybridized carbons (Fsp3) is 0.333. The number of hydrogen-bond acceptors (Lipinski definition) is 5. The van der Waals surface area contributed by atoms with Crippen molar-refractivity contribution in [1.82, 2.24) is 10.2 Å². The molecular weight excluding hydrogens is 533 g/mol. The normalized spacial score (nSPS) is 11.9. The zero-order valence-corrected chi connectivity index (χ0v) is 23.9. The SMILES string of the molecule is CCNC(=O)[C@H](Cc1ccccc1)N(Cc1ccccc1F)C(=O)CCCN(c1cccc(OC)c1)S(C)(=O)=O. The molecule has 1 N–H and O–H groups in total. The number of anilines is 1. The lowest BCUT2D eigenvalue weighted by Crippen LogP contribution is -2.50. The van der Waals surface area contributed by atoms with Crippen LogP contribution in [-0.4, -0.2) is 57.6 Å². The Morgan fingerprint density at radius 3 is 2.35 bits per heavy atom. The summed E-state index contributed by atoms with van der Waals surface area (Å²) in [6.45, 7) is 2.09. The molecule has 0 radical (unpaired) electrons. The van der Waals surface area contributed by atoms with E-state index in [-0.39, 0.29) is 49.7 Å². The number of likely N-dealkylation sites (N-methyl/N-ethyl adjacent to an activating group) is 1. The predicted molar refractivity (Wildman–Crippen MR) is 154 cm³/mol. The van der Waals surface area contributed by atoms with E-state index < -0.39 is 21.9 Å². The van der Waals surface area contributed by atoms with Gasteiger partial charge in [0, 0.05) is 44.1 Å². The number of benzene rings is 3. The van der Waals surface area contributed by atoms with Gasteiger partial charge in [-0.05, 0) is 37.1 Å². The third-order valence-corrected chi connectivity index (χ3v) is 7.61. The first-order valence-corrected chi connectivity index (χ1v) is 14.9.